The molecule has 0 amide bonds. The van der Waals surface area contributed by atoms with Crippen LogP contribution in [-0.4, -0.2) is 4.92 Å². The molecule has 0 fully saturated rings. The SMILES string of the molecule is Cc1cc(C)cc(NCc2cc(F)ccc2[N+](=O)[O-])c1. The van der Waals surface area contributed by atoms with E-state index in [-0.39, 0.29) is 12.2 Å². The maximum Gasteiger partial charge on any atom is 0.274 e. The first-order valence-electron chi connectivity index (χ1n) is 6.20. The molecule has 2 aromatic rings. The van der Waals surface area contributed by atoms with Gasteiger partial charge >= 0.3 is 0 Å². The van der Waals surface area contributed by atoms with Gasteiger partial charge in [-0.15, -0.1) is 0 Å². The first-order valence-corrected chi connectivity index (χ1v) is 6.20. The summed E-state index contributed by atoms with van der Waals surface area (Å²) < 4.78 is 13.2. The van der Waals surface area contributed by atoms with Gasteiger partial charge in [-0.1, -0.05) is 6.07 Å². The topological polar surface area (TPSA) is 55.2 Å². The lowest BCUT2D eigenvalue weighted by atomic mass is 10.1. The number of hydrogen-bond acceptors (Lipinski definition) is 3. The Morgan fingerprint density at radius 1 is 1.15 bits per heavy atom. The van der Waals surface area contributed by atoms with Crippen LogP contribution in [0.3, 0.4) is 0 Å². The first-order chi connectivity index (χ1) is 9.45. The van der Waals surface area contributed by atoms with Crippen molar-refractivity contribution in [1.29, 1.82) is 0 Å². The molecule has 0 heterocycles. The molecular weight excluding hydrogens is 259 g/mol. The lowest BCUT2D eigenvalue weighted by molar-refractivity contribution is -0.385. The molecule has 2 aromatic carbocycles. The van der Waals surface area contributed by atoms with Crippen molar-refractivity contribution in [2.24, 2.45) is 0 Å². The Balaban J connectivity index is 2.22. The summed E-state index contributed by atoms with van der Waals surface area (Å²) in [5.41, 5.74) is 3.31. The van der Waals surface area contributed by atoms with Crippen LogP contribution in [0.25, 0.3) is 0 Å². The second kappa shape index (κ2) is 5.69. The highest BCUT2D eigenvalue weighted by molar-refractivity contribution is 5.50. The fourth-order valence-electron chi connectivity index (χ4n) is 2.15. The summed E-state index contributed by atoms with van der Waals surface area (Å²) >= 11 is 0. The Labute approximate surface area is 116 Å². The quantitative estimate of drug-likeness (QED) is 0.678. The lowest BCUT2D eigenvalue weighted by Crippen LogP contribution is -2.04. The monoisotopic (exact) mass is 274 g/mol. The van der Waals surface area contributed by atoms with Crippen LogP contribution >= 0.6 is 0 Å². The van der Waals surface area contributed by atoms with Crippen molar-refractivity contribution in [2.45, 2.75) is 20.4 Å². The van der Waals surface area contributed by atoms with Crippen molar-refractivity contribution in [3.05, 3.63) is 69.0 Å². The number of benzene rings is 2. The molecule has 0 aliphatic carbocycles. The van der Waals surface area contributed by atoms with Crippen molar-refractivity contribution in [1.82, 2.24) is 0 Å². The summed E-state index contributed by atoms with van der Waals surface area (Å²) in [4.78, 5) is 10.4. The Hall–Kier alpha value is -2.43. The second-order valence-corrected chi connectivity index (χ2v) is 4.76. The highest BCUT2D eigenvalue weighted by Crippen LogP contribution is 2.21. The number of hydrogen-bond donors (Lipinski definition) is 1. The van der Waals surface area contributed by atoms with E-state index in [1.54, 1.807) is 0 Å². The third kappa shape index (κ3) is 3.32. The number of nitro groups is 1. The lowest BCUT2D eigenvalue weighted by Gasteiger charge is -2.09. The predicted molar refractivity (Wildman–Crippen MR) is 76.3 cm³/mol. The first kappa shape index (κ1) is 14.0. The minimum atomic E-state index is -0.502. The molecule has 0 atom stereocenters. The molecule has 0 aromatic heterocycles. The van der Waals surface area contributed by atoms with Crippen LogP contribution in [0.1, 0.15) is 16.7 Å². The van der Waals surface area contributed by atoms with Gasteiger partial charge in [0.2, 0.25) is 0 Å². The third-order valence-electron chi connectivity index (χ3n) is 2.94. The van der Waals surface area contributed by atoms with Gasteiger partial charge in [0.15, 0.2) is 0 Å². The van der Waals surface area contributed by atoms with Crippen molar-refractivity contribution in [3.8, 4) is 0 Å². The summed E-state index contributed by atoms with van der Waals surface area (Å²) in [6.07, 6.45) is 0. The Bertz CT molecular complexity index is 636. The molecule has 20 heavy (non-hydrogen) atoms. The smallest absolute Gasteiger partial charge is 0.274 e. The molecule has 2 rings (SSSR count). The van der Waals surface area contributed by atoms with E-state index in [9.17, 15) is 14.5 Å². The van der Waals surface area contributed by atoms with Crippen LogP contribution in [0.15, 0.2) is 36.4 Å². The molecular formula is C15H15FN2O2. The van der Waals surface area contributed by atoms with Crippen LogP contribution in [0, 0.1) is 29.8 Å². The second-order valence-electron chi connectivity index (χ2n) is 4.76. The summed E-state index contributed by atoms with van der Waals surface area (Å²) in [7, 11) is 0. The van der Waals surface area contributed by atoms with Crippen LogP contribution in [0.4, 0.5) is 15.8 Å². The minimum Gasteiger partial charge on any atom is -0.381 e. The number of nitro benzene ring substituents is 1. The van der Waals surface area contributed by atoms with Crippen LogP contribution < -0.4 is 5.32 Å². The van der Waals surface area contributed by atoms with E-state index in [2.05, 4.69) is 5.32 Å². The summed E-state index contributed by atoms with van der Waals surface area (Å²) in [5.74, 6) is -0.479. The van der Waals surface area contributed by atoms with Crippen LogP contribution in [-0.2, 0) is 6.54 Å². The zero-order chi connectivity index (χ0) is 14.7. The number of halogens is 1. The van der Waals surface area contributed by atoms with Gasteiger partial charge in [0.1, 0.15) is 5.82 Å². The third-order valence-corrected chi connectivity index (χ3v) is 2.94. The zero-order valence-corrected chi connectivity index (χ0v) is 11.3. The van der Waals surface area contributed by atoms with Gasteiger partial charge in [-0.25, -0.2) is 4.39 Å². The van der Waals surface area contributed by atoms with Crippen LogP contribution in [0.2, 0.25) is 0 Å². The summed E-state index contributed by atoms with van der Waals surface area (Å²) in [6.45, 7) is 4.16. The maximum absolute atomic E-state index is 13.2. The predicted octanol–water partition coefficient (Wildman–Crippen LogP) is 3.96. The molecule has 0 spiro atoms. The van der Waals surface area contributed by atoms with E-state index in [1.807, 2.05) is 32.0 Å². The Kier molecular flexibility index (Phi) is 3.98. The van der Waals surface area contributed by atoms with Crippen molar-refractivity contribution in [2.75, 3.05) is 5.32 Å². The normalized spacial score (nSPS) is 10.3. The molecule has 104 valence electrons. The highest BCUT2D eigenvalue weighted by atomic mass is 19.1. The van der Waals surface area contributed by atoms with Gasteiger partial charge in [0, 0.05) is 18.3 Å². The van der Waals surface area contributed by atoms with Gasteiger partial charge in [-0.3, -0.25) is 10.1 Å². The standard InChI is InChI=1S/C15H15FN2O2/c1-10-5-11(2)7-14(6-10)17-9-12-8-13(16)3-4-15(12)18(19)20/h3-8,17H,9H2,1-2H3. The summed E-state index contributed by atoms with van der Waals surface area (Å²) in [5, 5.41) is 14.0. The molecule has 0 radical (unpaired) electrons. The van der Waals surface area contributed by atoms with E-state index >= 15 is 0 Å². The number of rotatable bonds is 4. The zero-order valence-electron chi connectivity index (χ0n) is 11.3. The Morgan fingerprint density at radius 2 is 1.80 bits per heavy atom. The molecule has 0 saturated heterocycles. The van der Waals surface area contributed by atoms with Gasteiger partial charge in [-0.2, -0.15) is 0 Å². The number of nitrogens with zero attached hydrogens (tertiary/aromatic N) is 1. The molecule has 0 aliphatic rings. The van der Waals surface area contributed by atoms with Gasteiger partial charge < -0.3 is 5.32 Å². The van der Waals surface area contributed by atoms with E-state index in [4.69, 9.17) is 0 Å². The average molecular weight is 274 g/mol. The van der Waals surface area contributed by atoms with Crippen molar-refractivity contribution >= 4 is 11.4 Å². The number of nitrogens with one attached hydrogen (secondary N) is 1. The van der Waals surface area contributed by atoms with Gasteiger partial charge in [0.25, 0.3) is 5.69 Å². The molecule has 1 N–H and O–H groups in total. The highest BCUT2D eigenvalue weighted by Gasteiger charge is 2.14. The van der Waals surface area contributed by atoms with Gasteiger partial charge in [-0.05, 0) is 49.2 Å². The van der Waals surface area contributed by atoms with E-state index in [0.29, 0.717) is 5.56 Å². The number of anilines is 1. The van der Waals surface area contributed by atoms with Crippen molar-refractivity contribution < 1.29 is 9.31 Å². The van der Waals surface area contributed by atoms with Crippen molar-refractivity contribution in [3.63, 3.8) is 0 Å². The number of aryl methyl sites for hydroxylation is 2. The van der Waals surface area contributed by atoms with E-state index in [1.165, 1.54) is 12.1 Å². The largest absolute Gasteiger partial charge is 0.381 e. The maximum atomic E-state index is 13.2. The molecule has 0 unspecified atom stereocenters. The Morgan fingerprint density at radius 3 is 2.40 bits per heavy atom. The fraction of sp³-hybridized carbons (Fsp3) is 0.200. The minimum absolute atomic E-state index is 0.0803. The summed E-state index contributed by atoms with van der Waals surface area (Å²) in [6, 6.07) is 9.39. The van der Waals surface area contributed by atoms with Crippen LogP contribution in [0.5, 0.6) is 0 Å². The molecule has 0 bridgehead atoms. The van der Waals surface area contributed by atoms with Gasteiger partial charge in [0.05, 0.1) is 10.5 Å². The molecule has 0 saturated carbocycles. The average Bonchev–Trinajstić information content (AvgIpc) is 2.35. The van der Waals surface area contributed by atoms with E-state index < -0.39 is 10.7 Å². The fourth-order valence-corrected chi connectivity index (χ4v) is 2.15. The van der Waals surface area contributed by atoms with E-state index in [0.717, 1.165) is 22.9 Å². The molecule has 4 nitrogen and oxygen atoms in total. The molecule has 0 aliphatic heterocycles. The molecule has 5 heteroatoms.